The third kappa shape index (κ3) is 2.57. The van der Waals surface area contributed by atoms with Gasteiger partial charge in [-0.05, 0) is 12.1 Å². The number of anilines is 1. The van der Waals surface area contributed by atoms with E-state index in [1.165, 1.54) is 0 Å². The SMILES string of the molecule is O=C1C[C@H](CNc2ccccc2)[C@@H](O)C1. The van der Waals surface area contributed by atoms with Gasteiger partial charge in [-0.25, -0.2) is 0 Å². The molecule has 1 aliphatic rings. The molecule has 1 aliphatic carbocycles. The second-order valence-electron chi connectivity index (χ2n) is 4.02. The average Bonchev–Trinajstić information content (AvgIpc) is 2.56. The highest BCUT2D eigenvalue weighted by molar-refractivity contribution is 5.81. The minimum Gasteiger partial charge on any atom is -0.392 e. The van der Waals surface area contributed by atoms with Crippen LogP contribution in [0.5, 0.6) is 0 Å². The van der Waals surface area contributed by atoms with Gasteiger partial charge in [0.25, 0.3) is 0 Å². The molecule has 0 unspecified atom stereocenters. The molecular formula is C12H15NO2. The molecular weight excluding hydrogens is 190 g/mol. The van der Waals surface area contributed by atoms with Crippen molar-refractivity contribution in [2.45, 2.75) is 18.9 Å². The molecule has 15 heavy (non-hydrogen) atoms. The number of rotatable bonds is 3. The van der Waals surface area contributed by atoms with Gasteiger partial charge in [-0.3, -0.25) is 4.79 Å². The van der Waals surface area contributed by atoms with Gasteiger partial charge >= 0.3 is 0 Å². The molecule has 0 aromatic heterocycles. The van der Waals surface area contributed by atoms with Crippen molar-refractivity contribution in [3.63, 3.8) is 0 Å². The van der Waals surface area contributed by atoms with Crippen molar-refractivity contribution >= 4 is 11.5 Å². The van der Waals surface area contributed by atoms with E-state index in [1.807, 2.05) is 30.3 Å². The second kappa shape index (κ2) is 4.45. The maximum absolute atomic E-state index is 11.1. The molecule has 1 fully saturated rings. The number of carbonyl (C=O) groups excluding carboxylic acids is 1. The van der Waals surface area contributed by atoms with E-state index >= 15 is 0 Å². The van der Waals surface area contributed by atoms with Crippen LogP contribution < -0.4 is 5.32 Å². The van der Waals surface area contributed by atoms with Crippen LogP contribution >= 0.6 is 0 Å². The summed E-state index contributed by atoms with van der Waals surface area (Å²) in [6.45, 7) is 0.664. The Labute approximate surface area is 89.1 Å². The Balaban J connectivity index is 1.86. The average molecular weight is 205 g/mol. The highest BCUT2D eigenvalue weighted by Gasteiger charge is 2.30. The molecule has 0 amide bonds. The van der Waals surface area contributed by atoms with Crippen LogP contribution in [0, 0.1) is 5.92 Å². The maximum atomic E-state index is 11.1. The lowest BCUT2D eigenvalue weighted by Crippen LogP contribution is -2.21. The first-order chi connectivity index (χ1) is 7.25. The van der Waals surface area contributed by atoms with Crippen LogP contribution in [0.1, 0.15) is 12.8 Å². The topological polar surface area (TPSA) is 49.3 Å². The summed E-state index contributed by atoms with van der Waals surface area (Å²) in [5.41, 5.74) is 1.03. The molecule has 3 nitrogen and oxygen atoms in total. The van der Waals surface area contributed by atoms with Gasteiger partial charge in [-0.15, -0.1) is 0 Å². The standard InChI is InChI=1S/C12H15NO2/c14-11-6-9(12(15)7-11)8-13-10-4-2-1-3-5-10/h1-5,9,12-13,15H,6-8H2/t9-,12+/m1/s1. The highest BCUT2D eigenvalue weighted by Crippen LogP contribution is 2.23. The van der Waals surface area contributed by atoms with E-state index in [4.69, 9.17) is 0 Å². The first kappa shape index (κ1) is 10.2. The number of Topliss-reactive ketones (excluding diaryl/α,β-unsaturated/α-hetero) is 1. The van der Waals surface area contributed by atoms with Crippen molar-refractivity contribution in [3.05, 3.63) is 30.3 Å². The number of para-hydroxylation sites is 1. The third-order valence-corrected chi connectivity index (χ3v) is 2.81. The molecule has 2 N–H and O–H groups in total. The molecule has 0 saturated heterocycles. The van der Waals surface area contributed by atoms with Gasteiger partial charge in [0.05, 0.1) is 6.10 Å². The van der Waals surface area contributed by atoms with E-state index in [9.17, 15) is 9.90 Å². The molecule has 0 bridgehead atoms. The predicted octanol–water partition coefficient (Wildman–Crippen LogP) is 1.44. The number of carbonyl (C=O) groups is 1. The maximum Gasteiger partial charge on any atom is 0.135 e. The summed E-state index contributed by atoms with van der Waals surface area (Å²) >= 11 is 0. The summed E-state index contributed by atoms with van der Waals surface area (Å²) in [5, 5.41) is 12.8. The van der Waals surface area contributed by atoms with Crippen LogP contribution in [0.2, 0.25) is 0 Å². The van der Waals surface area contributed by atoms with Gasteiger partial charge in [0.15, 0.2) is 0 Å². The molecule has 1 saturated carbocycles. The van der Waals surface area contributed by atoms with Gasteiger partial charge < -0.3 is 10.4 Å². The smallest absolute Gasteiger partial charge is 0.135 e. The molecule has 2 rings (SSSR count). The fourth-order valence-electron chi connectivity index (χ4n) is 1.92. The van der Waals surface area contributed by atoms with Gasteiger partial charge in [0.1, 0.15) is 5.78 Å². The summed E-state index contributed by atoms with van der Waals surface area (Å²) in [5.74, 6) is 0.236. The Morgan fingerprint density at radius 3 is 2.60 bits per heavy atom. The van der Waals surface area contributed by atoms with Crippen molar-refractivity contribution in [2.75, 3.05) is 11.9 Å². The van der Waals surface area contributed by atoms with E-state index in [-0.39, 0.29) is 11.7 Å². The quantitative estimate of drug-likeness (QED) is 0.785. The number of nitrogens with one attached hydrogen (secondary N) is 1. The van der Waals surface area contributed by atoms with Crippen molar-refractivity contribution in [1.82, 2.24) is 0 Å². The van der Waals surface area contributed by atoms with E-state index in [0.717, 1.165) is 5.69 Å². The number of hydrogen-bond donors (Lipinski definition) is 2. The Kier molecular flexibility index (Phi) is 3.02. The fourth-order valence-corrected chi connectivity index (χ4v) is 1.92. The zero-order chi connectivity index (χ0) is 10.7. The molecule has 0 heterocycles. The van der Waals surface area contributed by atoms with Gasteiger partial charge in [-0.2, -0.15) is 0 Å². The van der Waals surface area contributed by atoms with Crippen LogP contribution in [0.4, 0.5) is 5.69 Å². The van der Waals surface area contributed by atoms with Crippen molar-refractivity contribution in [3.8, 4) is 0 Å². The lowest BCUT2D eigenvalue weighted by atomic mass is 10.1. The first-order valence-corrected chi connectivity index (χ1v) is 5.24. The minimum atomic E-state index is -0.464. The van der Waals surface area contributed by atoms with Crippen LogP contribution in [0.25, 0.3) is 0 Å². The van der Waals surface area contributed by atoms with E-state index < -0.39 is 6.10 Å². The minimum absolute atomic E-state index is 0.0673. The molecule has 3 heteroatoms. The molecule has 0 spiro atoms. The fraction of sp³-hybridized carbons (Fsp3) is 0.417. The van der Waals surface area contributed by atoms with Gasteiger partial charge in [0, 0.05) is 31.0 Å². The van der Waals surface area contributed by atoms with Crippen LogP contribution in [-0.4, -0.2) is 23.5 Å². The Morgan fingerprint density at radius 1 is 1.27 bits per heavy atom. The number of aliphatic hydroxyl groups excluding tert-OH is 1. The Hall–Kier alpha value is -1.35. The van der Waals surface area contributed by atoms with Crippen molar-refractivity contribution in [1.29, 1.82) is 0 Å². The molecule has 1 aromatic rings. The lowest BCUT2D eigenvalue weighted by molar-refractivity contribution is -0.117. The summed E-state index contributed by atoms with van der Waals surface area (Å²) in [4.78, 5) is 11.1. The monoisotopic (exact) mass is 205 g/mol. The number of benzene rings is 1. The number of ketones is 1. The van der Waals surface area contributed by atoms with Crippen LogP contribution in [-0.2, 0) is 4.79 Å². The van der Waals surface area contributed by atoms with E-state index in [0.29, 0.717) is 19.4 Å². The molecule has 80 valence electrons. The van der Waals surface area contributed by atoms with Crippen LogP contribution in [0.3, 0.4) is 0 Å². The molecule has 0 radical (unpaired) electrons. The third-order valence-electron chi connectivity index (χ3n) is 2.81. The van der Waals surface area contributed by atoms with Crippen molar-refractivity contribution in [2.24, 2.45) is 5.92 Å². The molecule has 1 aromatic carbocycles. The number of aliphatic hydroxyl groups is 1. The zero-order valence-electron chi connectivity index (χ0n) is 8.52. The Morgan fingerprint density at radius 2 is 2.00 bits per heavy atom. The van der Waals surface area contributed by atoms with Crippen molar-refractivity contribution < 1.29 is 9.90 Å². The molecule has 0 aliphatic heterocycles. The zero-order valence-corrected chi connectivity index (χ0v) is 8.52. The highest BCUT2D eigenvalue weighted by atomic mass is 16.3. The van der Waals surface area contributed by atoms with E-state index in [1.54, 1.807) is 0 Å². The van der Waals surface area contributed by atoms with Gasteiger partial charge in [0.2, 0.25) is 0 Å². The summed E-state index contributed by atoms with van der Waals surface area (Å²) in [6, 6.07) is 9.82. The normalized spacial score (nSPS) is 25.5. The predicted molar refractivity (Wildman–Crippen MR) is 58.7 cm³/mol. The summed E-state index contributed by atoms with van der Waals surface area (Å²) in [6.07, 6.45) is 0.357. The largest absolute Gasteiger partial charge is 0.392 e. The van der Waals surface area contributed by atoms with Gasteiger partial charge in [-0.1, -0.05) is 18.2 Å². The molecule has 2 atom stereocenters. The summed E-state index contributed by atoms with van der Waals surface area (Å²) < 4.78 is 0. The Bertz CT molecular complexity index is 337. The number of hydrogen-bond acceptors (Lipinski definition) is 3. The van der Waals surface area contributed by atoms with Crippen LogP contribution in [0.15, 0.2) is 30.3 Å². The van der Waals surface area contributed by atoms with E-state index in [2.05, 4.69) is 5.32 Å². The first-order valence-electron chi connectivity index (χ1n) is 5.24. The lowest BCUT2D eigenvalue weighted by Gasteiger charge is -2.14. The summed E-state index contributed by atoms with van der Waals surface area (Å²) in [7, 11) is 0. The second-order valence-corrected chi connectivity index (χ2v) is 4.02.